The van der Waals surface area contributed by atoms with Gasteiger partial charge in [-0.2, -0.15) is 0 Å². The Morgan fingerprint density at radius 1 is 1.36 bits per heavy atom. The summed E-state index contributed by atoms with van der Waals surface area (Å²) in [7, 11) is 0. The molecule has 1 aromatic carbocycles. The van der Waals surface area contributed by atoms with Gasteiger partial charge in [-0.05, 0) is 13.0 Å². The summed E-state index contributed by atoms with van der Waals surface area (Å²) in [6, 6.07) is 6.74. The first-order valence-electron chi connectivity index (χ1n) is 7.33. The Morgan fingerprint density at radius 3 is 2.86 bits per heavy atom. The molecule has 1 aliphatic rings. The average molecular weight is 302 g/mol. The van der Waals surface area contributed by atoms with Crippen LogP contribution in [-0.2, 0) is 16.1 Å². The number of aliphatic carboxylic acids is 1. The van der Waals surface area contributed by atoms with Gasteiger partial charge in [-0.3, -0.25) is 4.79 Å². The first-order chi connectivity index (χ1) is 10.6. The smallest absolute Gasteiger partial charge is 0.328 e. The molecule has 6 nitrogen and oxygen atoms in total. The third kappa shape index (κ3) is 2.35. The standard InChI is InChI=1S/C16H18N2O4/c1-2-17-9-12(11-5-3-4-6-13(11)17)15(19)18-7-8-22-10-14(18)16(20)21/h3-6,9,14H,2,7-8,10H2,1H3,(H,20,21). The second-order valence-corrected chi connectivity index (χ2v) is 5.27. The lowest BCUT2D eigenvalue weighted by Gasteiger charge is -2.32. The van der Waals surface area contributed by atoms with E-state index in [1.54, 1.807) is 6.20 Å². The van der Waals surface area contributed by atoms with E-state index in [0.717, 1.165) is 17.4 Å². The summed E-state index contributed by atoms with van der Waals surface area (Å²) >= 11 is 0. The number of fused-ring (bicyclic) bond motifs is 1. The Kier molecular flexibility index (Phi) is 3.85. The van der Waals surface area contributed by atoms with Crippen LogP contribution in [0.4, 0.5) is 0 Å². The van der Waals surface area contributed by atoms with Gasteiger partial charge < -0.3 is 19.3 Å². The topological polar surface area (TPSA) is 71.8 Å². The fraction of sp³-hybridized carbons (Fsp3) is 0.375. The average Bonchev–Trinajstić information content (AvgIpc) is 2.93. The van der Waals surface area contributed by atoms with Crippen molar-refractivity contribution in [3.63, 3.8) is 0 Å². The molecule has 2 aromatic rings. The summed E-state index contributed by atoms with van der Waals surface area (Å²) in [5.74, 6) is -1.29. The molecule has 0 spiro atoms. The molecule has 1 aromatic heterocycles. The maximum atomic E-state index is 12.9. The number of hydrogen-bond donors (Lipinski definition) is 1. The first-order valence-corrected chi connectivity index (χ1v) is 7.33. The molecule has 1 saturated heterocycles. The van der Waals surface area contributed by atoms with Gasteiger partial charge >= 0.3 is 5.97 Å². The number of amides is 1. The highest BCUT2D eigenvalue weighted by molar-refractivity contribution is 6.08. The van der Waals surface area contributed by atoms with Gasteiger partial charge in [0.25, 0.3) is 5.91 Å². The van der Waals surface area contributed by atoms with Crippen LogP contribution in [0.5, 0.6) is 0 Å². The van der Waals surface area contributed by atoms with E-state index in [0.29, 0.717) is 18.7 Å². The van der Waals surface area contributed by atoms with Crippen molar-refractivity contribution >= 4 is 22.8 Å². The van der Waals surface area contributed by atoms with E-state index in [9.17, 15) is 14.7 Å². The summed E-state index contributed by atoms with van der Waals surface area (Å²) in [5.41, 5.74) is 1.53. The molecule has 0 radical (unpaired) electrons. The summed E-state index contributed by atoms with van der Waals surface area (Å²) in [6.07, 6.45) is 1.81. The van der Waals surface area contributed by atoms with Crippen molar-refractivity contribution in [3.05, 3.63) is 36.0 Å². The maximum Gasteiger partial charge on any atom is 0.328 e. The normalized spacial score (nSPS) is 18.6. The third-order valence-electron chi connectivity index (χ3n) is 4.03. The summed E-state index contributed by atoms with van der Waals surface area (Å²) in [4.78, 5) is 25.6. The van der Waals surface area contributed by atoms with Crippen LogP contribution < -0.4 is 0 Å². The van der Waals surface area contributed by atoms with Crippen molar-refractivity contribution < 1.29 is 19.4 Å². The minimum Gasteiger partial charge on any atom is -0.480 e. The van der Waals surface area contributed by atoms with Gasteiger partial charge in [0.1, 0.15) is 0 Å². The molecule has 3 rings (SSSR count). The van der Waals surface area contributed by atoms with E-state index in [2.05, 4.69) is 0 Å². The van der Waals surface area contributed by atoms with E-state index in [4.69, 9.17) is 4.74 Å². The molecule has 0 aliphatic carbocycles. The van der Waals surface area contributed by atoms with Crippen LogP contribution in [0.25, 0.3) is 10.9 Å². The Balaban J connectivity index is 2.03. The highest BCUT2D eigenvalue weighted by Crippen LogP contribution is 2.24. The molecule has 22 heavy (non-hydrogen) atoms. The molecule has 1 fully saturated rings. The molecule has 0 saturated carbocycles. The minimum atomic E-state index is -1.03. The van der Waals surface area contributed by atoms with Crippen LogP contribution in [0.15, 0.2) is 30.5 Å². The van der Waals surface area contributed by atoms with Gasteiger partial charge in [0, 0.05) is 30.2 Å². The fourth-order valence-electron chi connectivity index (χ4n) is 2.88. The van der Waals surface area contributed by atoms with Gasteiger partial charge in [0.05, 0.1) is 18.8 Å². The quantitative estimate of drug-likeness (QED) is 0.934. The number of hydrogen-bond acceptors (Lipinski definition) is 3. The van der Waals surface area contributed by atoms with Crippen LogP contribution >= 0.6 is 0 Å². The Labute approximate surface area is 127 Å². The second kappa shape index (κ2) is 5.81. The molecule has 1 unspecified atom stereocenters. The van der Waals surface area contributed by atoms with E-state index in [1.165, 1.54) is 4.90 Å². The number of carboxylic acid groups (broad SMARTS) is 1. The number of carbonyl (C=O) groups is 2. The number of ether oxygens (including phenoxy) is 1. The molecule has 0 bridgehead atoms. The number of aromatic nitrogens is 1. The van der Waals surface area contributed by atoms with E-state index in [-0.39, 0.29) is 12.5 Å². The largest absolute Gasteiger partial charge is 0.480 e. The van der Waals surface area contributed by atoms with Crippen LogP contribution in [-0.4, -0.2) is 52.3 Å². The van der Waals surface area contributed by atoms with Crippen LogP contribution in [0.3, 0.4) is 0 Å². The van der Waals surface area contributed by atoms with E-state index < -0.39 is 12.0 Å². The molecule has 1 atom stereocenters. The number of nitrogens with zero attached hydrogens (tertiary/aromatic N) is 2. The predicted molar refractivity (Wildman–Crippen MR) is 80.9 cm³/mol. The van der Waals surface area contributed by atoms with E-state index in [1.807, 2.05) is 35.8 Å². The minimum absolute atomic E-state index is 0.0352. The molecular weight excluding hydrogens is 284 g/mol. The van der Waals surface area contributed by atoms with Crippen molar-refractivity contribution in [2.45, 2.75) is 19.5 Å². The Hall–Kier alpha value is -2.34. The number of aryl methyl sites for hydroxylation is 1. The molecule has 116 valence electrons. The molecule has 1 amide bonds. The molecule has 1 N–H and O–H groups in total. The van der Waals surface area contributed by atoms with Crippen molar-refractivity contribution in [2.24, 2.45) is 0 Å². The number of carboxylic acids is 1. The SMILES string of the molecule is CCn1cc(C(=O)N2CCOCC2C(=O)O)c2ccccc21. The monoisotopic (exact) mass is 302 g/mol. The Bertz CT molecular complexity index is 722. The summed E-state index contributed by atoms with van der Waals surface area (Å²) in [5, 5.41) is 10.1. The lowest BCUT2D eigenvalue weighted by atomic mass is 10.1. The number of carbonyl (C=O) groups excluding carboxylic acids is 1. The first kappa shape index (κ1) is 14.6. The number of rotatable bonds is 3. The van der Waals surface area contributed by atoms with Crippen molar-refractivity contribution in [2.75, 3.05) is 19.8 Å². The summed E-state index contributed by atoms with van der Waals surface area (Å²) < 4.78 is 7.19. The maximum absolute atomic E-state index is 12.9. The molecule has 6 heteroatoms. The van der Waals surface area contributed by atoms with Crippen molar-refractivity contribution in [1.82, 2.24) is 9.47 Å². The highest BCUT2D eigenvalue weighted by Gasteiger charge is 2.34. The van der Waals surface area contributed by atoms with Crippen LogP contribution in [0, 0.1) is 0 Å². The highest BCUT2D eigenvalue weighted by atomic mass is 16.5. The van der Waals surface area contributed by atoms with Gasteiger partial charge in [-0.1, -0.05) is 18.2 Å². The molecule has 2 heterocycles. The van der Waals surface area contributed by atoms with Gasteiger partial charge in [0.15, 0.2) is 6.04 Å². The van der Waals surface area contributed by atoms with E-state index >= 15 is 0 Å². The number of para-hydroxylation sites is 1. The number of benzene rings is 1. The van der Waals surface area contributed by atoms with Crippen LogP contribution in [0.1, 0.15) is 17.3 Å². The predicted octanol–water partition coefficient (Wildman–Crippen LogP) is 1.59. The Morgan fingerprint density at radius 2 is 2.14 bits per heavy atom. The molecular formula is C16H18N2O4. The van der Waals surface area contributed by atoms with Gasteiger partial charge in [0.2, 0.25) is 0 Å². The molecule has 1 aliphatic heterocycles. The van der Waals surface area contributed by atoms with Gasteiger partial charge in [-0.25, -0.2) is 4.79 Å². The lowest BCUT2D eigenvalue weighted by molar-refractivity contribution is -0.147. The van der Waals surface area contributed by atoms with Crippen molar-refractivity contribution in [3.8, 4) is 0 Å². The fourth-order valence-corrected chi connectivity index (χ4v) is 2.88. The third-order valence-corrected chi connectivity index (χ3v) is 4.03. The zero-order chi connectivity index (χ0) is 15.7. The zero-order valence-electron chi connectivity index (χ0n) is 12.4. The van der Waals surface area contributed by atoms with Crippen LogP contribution in [0.2, 0.25) is 0 Å². The van der Waals surface area contributed by atoms with Crippen molar-refractivity contribution in [1.29, 1.82) is 0 Å². The number of morpholine rings is 1. The summed E-state index contributed by atoms with van der Waals surface area (Å²) in [6.45, 7) is 3.45. The van der Waals surface area contributed by atoms with Gasteiger partial charge in [-0.15, -0.1) is 0 Å². The zero-order valence-corrected chi connectivity index (χ0v) is 12.4. The lowest BCUT2D eigenvalue weighted by Crippen LogP contribution is -2.52. The second-order valence-electron chi connectivity index (χ2n) is 5.27.